The van der Waals surface area contributed by atoms with Crippen LogP contribution in [0, 0.1) is 0 Å². The number of rotatable bonds is 4. The van der Waals surface area contributed by atoms with Gasteiger partial charge in [0.1, 0.15) is 5.75 Å². The fraction of sp³-hybridized carbons (Fsp3) is 0.421. The maximum atomic E-state index is 12.7. The molecular formula is C19H22N4O3S. The van der Waals surface area contributed by atoms with E-state index in [9.17, 15) is 9.59 Å². The van der Waals surface area contributed by atoms with E-state index in [2.05, 4.69) is 9.88 Å². The third-order valence-electron chi connectivity index (χ3n) is 4.95. The summed E-state index contributed by atoms with van der Waals surface area (Å²) in [6.45, 7) is 5.05. The van der Waals surface area contributed by atoms with Crippen LogP contribution >= 0.6 is 11.3 Å². The number of carbonyl (C=O) groups excluding carboxylic acids is 2. The van der Waals surface area contributed by atoms with E-state index in [4.69, 9.17) is 4.74 Å². The van der Waals surface area contributed by atoms with Crippen LogP contribution < -0.4 is 14.5 Å². The molecule has 0 spiro atoms. The predicted octanol–water partition coefficient (Wildman–Crippen LogP) is 2.00. The second-order valence-corrected chi connectivity index (χ2v) is 7.52. The zero-order valence-corrected chi connectivity index (χ0v) is 16.0. The molecule has 0 aliphatic carbocycles. The summed E-state index contributed by atoms with van der Waals surface area (Å²) in [6, 6.07) is 7.46. The molecule has 1 aromatic carbocycles. The van der Waals surface area contributed by atoms with Gasteiger partial charge >= 0.3 is 0 Å². The average Bonchev–Trinajstić information content (AvgIpc) is 3.23. The number of ether oxygens (including phenoxy) is 1. The largest absolute Gasteiger partial charge is 0.479 e. The molecule has 8 heteroatoms. The fourth-order valence-electron chi connectivity index (χ4n) is 3.47. The number of anilines is 2. The number of para-hydroxylation sites is 2. The van der Waals surface area contributed by atoms with Crippen molar-refractivity contribution < 1.29 is 14.3 Å². The van der Waals surface area contributed by atoms with E-state index in [1.54, 1.807) is 29.4 Å². The van der Waals surface area contributed by atoms with Gasteiger partial charge in [0.2, 0.25) is 5.91 Å². The van der Waals surface area contributed by atoms with Gasteiger partial charge in [-0.3, -0.25) is 9.59 Å². The summed E-state index contributed by atoms with van der Waals surface area (Å²) in [5.74, 6) is 0.669. The van der Waals surface area contributed by atoms with Crippen LogP contribution in [0.25, 0.3) is 0 Å². The van der Waals surface area contributed by atoms with Gasteiger partial charge < -0.3 is 19.4 Å². The Labute approximate surface area is 162 Å². The van der Waals surface area contributed by atoms with Crippen molar-refractivity contribution >= 4 is 34.0 Å². The van der Waals surface area contributed by atoms with Gasteiger partial charge in [-0.2, -0.15) is 0 Å². The molecule has 2 amide bonds. The van der Waals surface area contributed by atoms with E-state index >= 15 is 0 Å². The first kappa shape index (κ1) is 17.8. The molecule has 2 aliphatic rings. The zero-order valence-electron chi connectivity index (χ0n) is 15.2. The van der Waals surface area contributed by atoms with Gasteiger partial charge in [-0.1, -0.05) is 12.1 Å². The summed E-state index contributed by atoms with van der Waals surface area (Å²) >= 11 is 1.62. The van der Waals surface area contributed by atoms with Crippen LogP contribution in [0.15, 0.2) is 35.8 Å². The zero-order chi connectivity index (χ0) is 18.8. The molecule has 3 heterocycles. The molecule has 1 aromatic heterocycles. The van der Waals surface area contributed by atoms with Crippen molar-refractivity contribution in [3.05, 3.63) is 35.8 Å². The Kier molecular flexibility index (Phi) is 4.98. The van der Waals surface area contributed by atoms with Crippen LogP contribution in [0.4, 0.5) is 10.8 Å². The lowest BCUT2D eigenvalue weighted by atomic mass is 10.1. The second-order valence-electron chi connectivity index (χ2n) is 6.65. The third-order valence-corrected chi connectivity index (χ3v) is 5.78. The Morgan fingerprint density at radius 1 is 1.26 bits per heavy atom. The number of carbonyl (C=O) groups is 2. The minimum atomic E-state index is -0.531. The monoisotopic (exact) mass is 386 g/mol. The third kappa shape index (κ3) is 3.62. The van der Waals surface area contributed by atoms with Crippen LogP contribution in [0.1, 0.15) is 13.3 Å². The lowest BCUT2D eigenvalue weighted by Crippen LogP contribution is -2.50. The molecule has 1 unspecified atom stereocenters. The normalized spacial score (nSPS) is 19.7. The molecule has 2 aliphatic heterocycles. The Morgan fingerprint density at radius 3 is 2.78 bits per heavy atom. The van der Waals surface area contributed by atoms with E-state index in [1.165, 1.54) is 0 Å². The summed E-state index contributed by atoms with van der Waals surface area (Å²) in [5, 5.41) is 2.97. The summed E-state index contributed by atoms with van der Waals surface area (Å²) < 4.78 is 5.65. The van der Waals surface area contributed by atoms with Crippen LogP contribution in [0.5, 0.6) is 5.75 Å². The Hall–Kier alpha value is -2.61. The molecule has 1 atom stereocenters. The van der Waals surface area contributed by atoms with Crippen LogP contribution in [0.3, 0.4) is 0 Å². The molecule has 0 radical (unpaired) electrons. The lowest BCUT2D eigenvalue weighted by Gasteiger charge is -2.36. The number of fused-ring (bicyclic) bond motifs is 1. The molecule has 142 valence electrons. The van der Waals surface area contributed by atoms with Gasteiger partial charge in [0.05, 0.1) is 5.69 Å². The number of hydrogen-bond acceptors (Lipinski definition) is 6. The van der Waals surface area contributed by atoms with Gasteiger partial charge in [0.15, 0.2) is 11.2 Å². The Balaban J connectivity index is 1.35. The fourth-order valence-corrected chi connectivity index (χ4v) is 4.17. The van der Waals surface area contributed by atoms with E-state index in [-0.39, 0.29) is 11.8 Å². The maximum Gasteiger partial charge on any atom is 0.267 e. The van der Waals surface area contributed by atoms with Crippen molar-refractivity contribution in [2.24, 2.45) is 0 Å². The van der Waals surface area contributed by atoms with Crippen molar-refractivity contribution in [1.29, 1.82) is 0 Å². The summed E-state index contributed by atoms with van der Waals surface area (Å²) in [4.78, 5) is 35.3. The first-order valence-corrected chi connectivity index (χ1v) is 10.0. The van der Waals surface area contributed by atoms with Crippen LogP contribution in [-0.2, 0) is 9.59 Å². The molecule has 27 heavy (non-hydrogen) atoms. The molecule has 0 saturated carbocycles. The molecule has 7 nitrogen and oxygen atoms in total. The van der Waals surface area contributed by atoms with Gasteiger partial charge in [-0.05, 0) is 19.1 Å². The highest BCUT2D eigenvalue weighted by atomic mass is 32.1. The molecular weight excluding hydrogens is 364 g/mol. The summed E-state index contributed by atoms with van der Waals surface area (Å²) in [7, 11) is 0. The Morgan fingerprint density at radius 2 is 2.04 bits per heavy atom. The van der Waals surface area contributed by atoms with Crippen molar-refractivity contribution in [2.45, 2.75) is 19.4 Å². The lowest BCUT2D eigenvalue weighted by molar-refractivity contribution is -0.131. The van der Waals surface area contributed by atoms with Gasteiger partial charge in [0.25, 0.3) is 5.91 Å². The quantitative estimate of drug-likeness (QED) is 0.804. The van der Waals surface area contributed by atoms with Crippen molar-refractivity contribution in [3.8, 4) is 5.75 Å². The highest BCUT2D eigenvalue weighted by molar-refractivity contribution is 7.13. The molecule has 1 fully saturated rings. The number of thiazole rings is 1. The number of benzene rings is 1. The number of hydrogen-bond donors (Lipinski definition) is 0. The van der Waals surface area contributed by atoms with Gasteiger partial charge in [-0.15, -0.1) is 11.3 Å². The van der Waals surface area contributed by atoms with Crippen molar-refractivity contribution in [1.82, 2.24) is 9.88 Å². The summed E-state index contributed by atoms with van der Waals surface area (Å²) in [5.41, 5.74) is 0.738. The van der Waals surface area contributed by atoms with E-state index in [0.717, 1.165) is 23.9 Å². The number of nitrogens with zero attached hydrogens (tertiary/aromatic N) is 4. The van der Waals surface area contributed by atoms with E-state index < -0.39 is 6.10 Å². The second kappa shape index (κ2) is 7.56. The smallest absolute Gasteiger partial charge is 0.267 e. The first-order valence-electron chi connectivity index (χ1n) is 9.13. The first-order chi connectivity index (χ1) is 13.1. The molecule has 1 saturated heterocycles. The van der Waals surface area contributed by atoms with Crippen molar-refractivity contribution in [3.63, 3.8) is 0 Å². The predicted molar refractivity (Wildman–Crippen MR) is 104 cm³/mol. The summed E-state index contributed by atoms with van der Waals surface area (Å²) in [6.07, 6.45) is 1.58. The minimum absolute atomic E-state index is 0.0817. The average molecular weight is 386 g/mol. The number of amides is 2. The molecule has 2 aromatic rings. The topological polar surface area (TPSA) is 66.0 Å². The van der Waals surface area contributed by atoms with Crippen LogP contribution in [0.2, 0.25) is 0 Å². The molecule has 0 N–H and O–H groups in total. The van der Waals surface area contributed by atoms with Crippen LogP contribution in [-0.4, -0.2) is 60.5 Å². The maximum absolute atomic E-state index is 12.7. The van der Waals surface area contributed by atoms with Crippen molar-refractivity contribution in [2.75, 3.05) is 42.5 Å². The minimum Gasteiger partial charge on any atom is -0.479 e. The van der Waals surface area contributed by atoms with Gasteiger partial charge in [-0.25, -0.2) is 4.98 Å². The van der Waals surface area contributed by atoms with E-state index in [1.807, 2.05) is 34.5 Å². The van der Waals surface area contributed by atoms with E-state index in [0.29, 0.717) is 31.8 Å². The highest BCUT2D eigenvalue weighted by Crippen LogP contribution is 2.33. The molecule has 4 rings (SSSR count). The Bertz CT molecular complexity index is 818. The highest BCUT2D eigenvalue weighted by Gasteiger charge is 2.32. The number of piperazine rings is 1. The SMILES string of the molecule is CC1Oc2ccccc2N(CCC(=O)N2CCN(c3nccs3)CC2)C1=O. The van der Waals surface area contributed by atoms with Gasteiger partial charge in [0, 0.05) is 50.7 Å². The standard InChI is InChI=1S/C19H22N4O3S/c1-14-18(25)23(15-4-2-3-5-16(15)26-14)8-6-17(24)21-9-11-22(12-10-21)19-20-7-13-27-19/h2-5,7,13-14H,6,8-12H2,1H3. The molecule has 0 bridgehead atoms. The number of aromatic nitrogens is 1.